The highest BCUT2D eigenvalue weighted by atomic mass is 19.1. The van der Waals surface area contributed by atoms with E-state index < -0.39 is 11.6 Å². The SMILES string of the molecule is Cc1cccc2cc([C@H](c3nnnn3C(C)(C)C)N(CCc3ccccc3)Cc3ccc(F)cc3)c(=O)[nH]c12. The van der Waals surface area contributed by atoms with Crippen molar-refractivity contribution < 1.29 is 4.39 Å². The minimum absolute atomic E-state index is 0.186. The van der Waals surface area contributed by atoms with Crippen LogP contribution in [0.5, 0.6) is 0 Å². The van der Waals surface area contributed by atoms with E-state index in [2.05, 4.69) is 37.5 Å². The molecule has 0 fully saturated rings. The lowest BCUT2D eigenvalue weighted by molar-refractivity contribution is 0.195. The van der Waals surface area contributed by atoms with Gasteiger partial charge in [0.05, 0.1) is 11.1 Å². The van der Waals surface area contributed by atoms with E-state index in [4.69, 9.17) is 0 Å². The van der Waals surface area contributed by atoms with Gasteiger partial charge in [0.2, 0.25) is 0 Å². The molecule has 0 radical (unpaired) electrons. The van der Waals surface area contributed by atoms with Gasteiger partial charge in [0, 0.05) is 18.7 Å². The monoisotopic (exact) mass is 524 g/mol. The molecule has 3 aromatic carbocycles. The number of hydrogen-bond donors (Lipinski definition) is 1. The van der Waals surface area contributed by atoms with Crippen LogP contribution in [0.25, 0.3) is 10.9 Å². The fourth-order valence-corrected chi connectivity index (χ4v) is 4.99. The predicted molar refractivity (Wildman–Crippen MR) is 151 cm³/mol. The molecular formula is C31H33FN6O. The molecule has 0 unspecified atom stereocenters. The maximum Gasteiger partial charge on any atom is 0.253 e. The van der Waals surface area contributed by atoms with Gasteiger partial charge in [-0.2, -0.15) is 0 Å². The molecule has 5 aromatic rings. The molecule has 200 valence electrons. The Morgan fingerprint density at radius 1 is 0.974 bits per heavy atom. The molecule has 0 amide bonds. The van der Waals surface area contributed by atoms with Crippen LogP contribution >= 0.6 is 0 Å². The zero-order valence-corrected chi connectivity index (χ0v) is 22.7. The Kier molecular flexibility index (Phi) is 7.39. The van der Waals surface area contributed by atoms with Crippen molar-refractivity contribution in [2.24, 2.45) is 0 Å². The summed E-state index contributed by atoms with van der Waals surface area (Å²) in [4.78, 5) is 19.1. The van der Waals surface area contributed by atoms with Crippen LogP contribution in [0.2, 0.25) is 0 Å². The number of rotatable bonds is 8. The summed E-state index contributed by atoms with van der Waals surface area (Å²) in [5.74, 6) is 0.291. The molecule has 39 heavy (non-hydrogen) atoms. The number of tetrazole rings is 1. The summed E-state index contributed by atoms with van der Waals surface area (Å²) >= 11 is 0. The molecule has 0 saturated heterocycles. The van der Waals surface area contributed by atoms with Gasteiger partial charge in [-0.1, -0.05) is 60.7 Å². The molecule has 0 spiro atoms. The van der Waals surface area contributed by atoms with Crippen LogP contribution in [0.4, 0.5) is 4.39 Å². The number of aryl methyl sites for hydroxylation is 1. The van der Waals surface area contributed by atoms with E-state index in [1.54, 1.807) is 16.8 Å². The summed E-state index contributed by atoms with van der Waals surface area (Å²) < 4.78 is 15.6. The molecule has 5 rings (SSSR count). The van der Waals surface area contributed by atoms with Gasteiger partial charge < -0.3 is 4.98 Å². The molecule has 2 heterocycles. The number of nitrogens with zero attached hydrogens (tertiary/aromatic N) is 5. The van der Waals surface area contributed by atoms with Crippen molar-refractivity contribution in [1.82, 2.24) is 30.1 Å². The van der Waals surface area contributed by atoms with Crippen LogP contribution in [-0.4, -0.2) is 36.6 Å². The van der Waals surface area contributed by atoms with E-state index in [-0.39, 0.29) is 11.4 Å². The first kappa shape index (κ1) is 26.4. The molecule has 1 N–H and O–H groups in total. The maximum absolute atomic E-state index is 13.8. The maximum atomic E-state index is 13.8. The highest BCUT2D eigenvalue weighted by Crippen LogP contribution is 2.31. The van der Waals surface area contributed by atoms with E-state index in [1.165, 1.54) is 17.7 Å². The Labute approximate surface area is 227 Å². The Hall–Kier alpha value is -4.17. The van der Waals surface area contributed by atoms with Crippen LogP contribution in [0.1, 0.15) is 54.9 Å². The van der Waals surface area contributed by atoms with Crippen molar-refractivity contribution in [3.63, 3.8) is 0 Å². The number of H-pyrrole nitrogens is 1. The molecular weight excluding hydrogens is 491 g/mol. The summed E-state index contributed by atoms with van der Waals surface area (Å²) in [6, 6.07) is 24.1. The molecule has 0 aliphatic carbocycles. The number of aromatic amines is 1. The van der Waals surface area contributed by atoms with E-state index in [0.29, 0.717) is 24.5 Å². The van der Waals surface area contributed by atoms with E-state index >= 15 is 0 Å². The van der Waals surface area contributed by atoms with Crippen molar-refractivity contribution >= 4 is 10.9 Å². The Morgan fingerprint density at radius 2 is 1.72 bits per heavy atom. The van der Waals surface area contributed by atoms with Gasteiger partial charge >= 0.3 is 0 Å². The second-order valence-corrected chi connectivity index (χ2v) is 10.9. The van der Waals surface area contributed by atoms with Gasteiger partial charge in [0.25, 0.3) is 5.56 Å². The molecule has 0 aliphatic heterocycles. The molecule has 0 aliphatic rings. The number of benzene rings is 3. The van der Waals surface area contributed by atoms with Crippen molar-refractivity contribution in [2.45, 2.75) is 52.2 Å². The van der Waals surface area contributed by atoms with E-state index in [9.17, 15) is 9.18 Å². The van der Waals surface area contributed by atoms with Crippen molar-refractivity contribution in [3.05, 3.63) is 123 Å². The summed E-state index contributed by atoms with van der Waals surface area (Å²) in [5.41, 5.74) is 3.88. The number of aromatic nitrogens is 5. The molecule has 1 atom stereocenters. The summed E-state index contributed by atoms with van der Waals surface area (Å²) in [6.07, 6.45) is 0.750. The largest absolute Gasteiger partial charge is 0.321 e. The quantitative estimate of drug-likeness (QED) is 0.288. The third kappa shape index (κ3) is 5.81. The standard InChI is InChI=1S/C31H33FN6O/c1-21-9-8-12-24-19-26(30(39)33-27(21)24)28(29-34-35-36-38(29)31(2,3)4)37(18-17-22-10-6-5-7-11-22)20-23-13-15-25(32)16-14-23/h5-16,19,28H,17-18,20H2,1-4H3,(H,33,39)/t28-/m1/s1. The number of halogens is 1. The van der Waals surface area contributed by atoms with Gasteiger partial charge in [0.1, 0.15) is 11.9 Å². The highest BCUT2D eigenvalue weighted by Gasteiger charge is 2.33. The number of nitrogens with one attached hydrogen (secondary N) is 1. The van der Waals surface area contributed by atoms with Crippen molar-refractivity contribution in [1.29, 1.82) is 0 Å². The molecule has 8 heteroatoms. The van der Waals surface area contributed by atoms with Crippen LogP contribution in [-0.2, 0) is 18.5 Å². The molecule has 0 bridgehead atoms. The van der Waals surface area contributed by atoms with Gasteiger partial charge in [-0.05, 0) is 84.8 Å². The summed E-state index contributed by atoms with van der Waals surface area (Å²) in [7, 11) is 0. The fraction of sp³-hybridized carbons (Fsp3) is 0.290. The third-order valence-electron chi connectivity index (χ3n) is 6.98. The highest BCUT2D eigenvalue weighted by molar-refractivity contribution is 5.82. The molecule has 7 nitrogen and oxygen atoms in total. The fourth-order valence-electron chi connectivity index (χ4n) is 4.99. The Bertz CT molecular complexity index is 1620. The average Bonchev–Trinajstić information content (AvgIpc) is 3.40. The van der Waals surface area contributed by atoms with Gasteiger partial charge in [0.15, 0.2) is 5.82 Å². The third-order valence-corrected chi connectivity index (χ3v) is 6.98. The van der Waals surface area contributed by atoms with Gasteiger partial charge in [-0.25, -0.2) is 9.07 Å². The smallest absolute Gasteiger partial charge is 0.253 e. The average molecular weight is 525 g/mol. The van der Waals surface area contributed by atoms with E-state index in [0.717, 1.165) is 28.5 Å². The number of fused-ring (bicyclic) bond motifs is 1. The lowest BCUT2D eigenvalue weighted by atomic mass is 9.99. The first-order chi connectivity index (χ1) is 18.7. The van der Waals surface area contributed by atoms with Crippen molar-refractivity contribution in [2.75, 3.05) is 6.54 Å². The molecule has 2 aromatic heterocycles. The second kappa shape index (κ2) is 10.9. The lowest BCUT2D eigenvalue weighted by Gasteiger charge is -2.33. The molecule has 0 saturated carbocycles. The Morgan fingerprint density at radius 3 is 2.44 bits per heavy atom. The zero-order valence-electron chi connectivity index (χ0n) is 22.7. The normalized spacial score (nSPS) is 12.8. The van der Waals surface area contributed by atoms with Crippen LogP contribution < -0.4 is 5.56 Å². The number of hydrogen-bond acceptors (Lipinski definition) is 5. The lowest BCUT2D eigenvalue weighted by Crippen LogP contribution is -2.38. The van der Waals surface area contributed by atoms with Crippen LogP contribution in [0.15, 0.2) is 83.7 Å². The zero-order chi connectivity index (χ0) is 27.6. The minimum Gasteiger partial charge on any atom is -0.321 e. The van der Waals surface area contributed by atoms with Gasteiger partial charge in [-0.15, -0.1) is 5.10 Å². The number of pyridine rings is 1. The first-order valence-electron chi connectivity index (χ1n) is 13.1. The minimum atomic E-state index is -0.554. The van der Waals surface area contributed by atoms with Crippen LogP contribution in [0.3, 0.4) is 0 Å². The van der Waals surface area contributed by atoms with Crippen molar-refractivity contribution in [3.8, 4) is 0 Å². The summed E-state index contributed by atoms with van der Waals surface area (Å²) in [6.45, 7) is 9.18. The van der Waals surface area contributed by atoms with Gasteiger partial charge in [-0.3, -0.25) is 9.69 Å². The topological polar surface area (TPSA) is 79.7 Å². The predicted octanol–water partition coefficient (Wildman–Crippen LogP) is 5.55. The first-order valence-corrected chi connectivity index (χ1v) is 13.1. The number of para-hydroxylation sites is 1. The Balaban J connectivity index is 1.68. The second-order valence-electron chi connectivity index (χ2n) is 10.9. The summed E-state index contributed by atoms with van der Waals surface area (Å²) in [5, 5.41) is 13.8. The van der Waals surface area contributed by atoms with E-state index in [1.807, 2.05) is 70.2 Å². The van der Waals surface area contributed by atoms with Crippen LogP contribution in [0, 0.1) is 12.7 Å².